The molecule has 8 heteroatoms. The summed E-state index contributed by atoms with van der Waals surface area (Å²) < 4.78 is 11.0. The van der Waals surface area contributed by atoms with Crippen molar-refractivity contribution in [2.75, 3.05) is 37.1 Å². The zero-order valence-corrected chi connectivity index (χ0v) is 21.0. The summed E-state index contributed by atoms with van der Waals surface area (Å²) in [6, 6.07) is 15.8. The summed E-state index contributed by atoms with van der Waals surface area (Å²) in [7, 11) is 0. The van der Waals surface area contributed by atoms with Gasteiger partial charge in [-0.25, -0.2) is 9.59 Å². The van der Waals surface area contributed by atoms with Crippen LogP contribution in [0.4, 0.5) is 21.0 Å². The lowest BCUT2D eigenvalue weighted by atomic mass is 10.0. The minimum absolute atomic E-state index is 0.0476. The van der Waals surface area contributed by atoms with E-state index < -0.39 is 0 Å². The van der Waals surface area contributed by atoms with Crippen molar-refractivity contribution in [2.45, 2.75) is 58.3 Å². The Hall–Kier alpha value is -3.10. The van der Waals surface area contributed by atoms with Gasteiger partial charge in [0.05, 0.1) is 50.6 Å². The van der Waals surface area contributed by atoms with Crippen LogP contribution in [-0.4, -0.2) is 72.5 Å². The SMILES string of the molecule is C[C@@H]1COC[C@H](C)N1C(=O)Nc1ccc(Cc2ccc(NC(=O)N3[C@@H](C)COC[C@@H]3C)cc2)cc1. The summed E-state index contributed by atoms with van der Waals surface area (Å²) in [5.41, 5.74) is 3.83. The highest BCUT2D eigenvalue weighted by Crippen LogP contribution is 2.20. The largest absolute Gasteiger partial charge is 0.377 e. The first-order valence-electron chi connectivity index (χ1n) is 12.3. The highest BCUT2D eigenvalue weighted by Gasteiger charge is 2.30. The van der Waals surface area contributed by atoms with Crippen LogP contribution in [0.3, 0.4) is 0 Å². The van der Waals surface area contributed by atoms with Crippen molar-refractivity contribution < 1.29 is 19.1 Å². The fourth-order valence-corrected chi connectivity index (χ4v) is 4.83. The first-order valence-corrected chi connectivity index (χ1v) is 12.3. The molecule has 2 aromatic rings. The predicted molar refractivity (Wildman–Crippen MR) is 137 cm³/mol. The number of hydrogen-bond acceptors (Lipinski definition) is 4. The first kappa shape index (κ1) is 25.0. The summed E-state index contributed by atoms with van der Waals surface area (Å²) in [5, 5.41) is 6.00. The Kier molecular flexibility index (Phi) is 7.93. The third-order valence-corrected chi connectivity index (χ3v) is 6.62. The van der Waals surface area contributed by atoms with E-state index in [4.69, 9.17) is 9.47 Å². The van der Waals surface area contributed by atoms with E-state index in [1.807, 2.05) is 86.0 Å². The lowest BCUT2D eigenvalue weighted by molar-refractivity contribution is -0.0111. The smallest absolute Gasteiger partial charge is 0.322 e. The molecule has 0 unspecified atom stereocenters. The van der Waals surface area contributed by atoms with Crippen LogP contribution in [0.5, 0.6) is 0 Å². The third kappa shape index (κ3) is 6.13. The molecule has 2 fully saturated rings. The number of benzene rings is 2. The van der Waals surface area contributed by atoms with Crippen LogP contribution >= 0.6 is 0 Å². The second-order valence-electron chi connectivity index (χ2n) is 9.72. The molecule has 2 saturated heterocycles. The monoisotopic (exact) mass is 480 g/mol. The molecule has 0 aromatic heterocycles. The maximum Gasteiger partial charge on any atom is 0.322 e. The van der Waals surface area contributed by atoms with E-state index in [9.17, 15) is 9.59 Å². The number of carbonyl (C=O) groups is 2. The van der Waals surface area contributed by atoms with Crippen molar-refractivity contribution in [3.63, 3.8) is 0 Å². The molecule has 2 aliphatic heterocycles. The molecule has 2 N–H and O–H groups in total. The van der Waals surface area contributed by atoms with Gasteiger partial charge in [-0.3, -0.25) is 0 Å². The second-order valence-corrected chi connectivity index (χ2v) is 9.72. The van der Waals surface area contributed by atoms with Gasteiger partial charge in [0.1, 0.15) is 0 Å². The van der Waals surface area contributed by atoms with Crippen molar-refractivity contribution >= 4 is 23.4 Å². The summed E-state index contributed by atoms with van der Waals surface area (Å²) in [6.45, 7) is 10.2. The fourth-order valence-electron chi connectivity index (χ4n) is 4.83. The van der Waals surface area contributed by atoms with Crippen LogP contribution in [-0.2, 0) is 15.9 Å². The Bertz CT molecular complexity index is 909. The molecule has 2 aliphatic rings. The van der Waals surface area contributed by atoms with Gasteiger partial charge in [0, 0.05) is 11.4 Å². The Labute approximate surface area is 207 Å². The van der Waals surface area contributed by atoms with E-state index in [1.165, 1.54) is 0 Å². The average molecular weight is 481 g/mol. The van der Waals surface area contributed by atoms with Gasteiger partial charge in [0.25, 0.3) is 0 Å². The molecule has 4 amide bonds. The van der Waals surface area contributed by atoms with E-state index in [2.05, 4.69) is 10.6 Å². The highest BCUT2D eigenvalue weighted by atomic mass is 16.5. The molecular formula is C27H36N4O4. The molecule has 2 heterocycles. The van der Waals surface area contributed by atoms with Crippen molar-refractivity contribution in [3.8, 4) is 0 Å². The Morgan fingerprint density at radius 1 is 0.657 bits per heavy atom. The standard InChI is InChI=1S/C27H36N4O4/c1-18-14-34-15-19(2)30(18)26(32)28-24-9-5-22(6-10-24)13-23-7-11-25(12-8-23)29-27(33)31-20(3)16-35-17-21(31)4/h5-12,18-21H,13-17H2,1-4H3,(H,28,32)(H,29,33)/t18-,19-,20-,21+/m0/s1. The number of ether oxygens (including phenoxy) is 2. The molecule has 2 aromatic carbocycles. The molecule has 8 nitrogen and oxygen atoms in total. The lowest BCUT2D eigenvalue weighted by Crippen LogP contribution is -2.53. The van der Waals surface area contributed by atoms with Crippen LogP contribution in [0.1, 0.15) is 38.8 Å². The van der Waals surface area contributed by atoms with Crippen molar-refractivity contribution in [3.05, 3.63) is 59.7 Å². The highest BCUT2D eigenvalue weighted by molar-refractivity contribution is 5.90. The van der Waals surface area contributed by atoms with E-state index in [-0.39, 0.29) is 36.2 Å². The van der Waals surface area contributed by atoms with Gasteiger partial charge in [0.2, 0.25) is 0 Å². The van der Waals surface area contributed by atoms with Gasteiger partial charge in [-0.2, -0.15) is 0 Å². The zero-order chi connectivity index (χ0) is 24.9. The predicted octanol–water partition coefficient (Wildman–Crippen LogP) is 4.56. The number of anilines is 2. The number of morpholine rings is 2. The van der Waals surface area contributed by atoms with Gasteiger partial charge in [-0.15, -0.1) is 0 Å². The summed E-state index contributed by atoms with van der Waals surface area (Å²) in [4.78, 5) is 29.2. The molecule has 35 heavy (non-hydrogen) atoms. The first-order chi connectivity index (χ1) is 16.8. The Morgan fingerprint density at radius 2 is 0.971 bits per heavy atom. The lowest BCUT2D eigenvalue weighted by Gasteiger charge is -2.38. The van der Waals surface area contributed by atoms with E-state index in [0.29, 0.717) is 26.4 Å². The molecule has 0 bridgehead atoms. The van der Waals surface area contributed by atoms with Crippen molar-refractivity contribution in [1.82, 2.24) is 9.80 Å². The van der Waals surface area contributed by atoms with E-state index in [0.717, 1.165) is 28.9 Å². The molecular weight excluding hydrogens is 444 g/mol. The number of carbonyl (C=O) groups excluding carboxylic acids is 2. The number of nitrogens with zero attached hydrogens (tertiary/aromatic N) is 2. The second kappa shape index (κ2) is 11.1. The van der Waals surface area contributed by atoms with Crippen LogP contribution in [0, 0.1) is 0 Å². The Morgan fingerprint density at radius 3 is 1.29 bits per heavy atom. The minimum atomic E-state index is -0.0976. The summed E-state index contributed by atoms with van der Waals surface area (Å²) in [6.07, 6.45) is 0.761. The van der Waals surface area contributed by atoms with Gasteiger partial charge in [-0.05, 0) is 69.5 Å². The number of hydrogen-bond donors (Lipinski definition) is 2. The summed E-state index contributed by atoms with van der Waals surface area (Å²) in [5.74, 6) is 0. The number of nitrogens with one attached hydrogen (secondary N) is 2. The van der Waals surface area contributed by atoms with Crippen LogP contribution < -0.4 is 10.6 Å². The quantitative estimate of drug-likeness (QED) is 0.672. The van der Waals surface area contributed by atoms with E-state index >= 15 is 0 Å². The fraction of sp³-hybridized carbons (Fsp3) is 0.481. The molecule has 0 radical (unpaired) electrons. The normalized spacial score (nSPS) is 24.7. The number of urea groups is 2. The maximum absolute atomic E-state index is 12.7. The number of rotatable bonds is 4. The molecule has 0 saturated carbocycles. The van der Waals surface area contributed by atoms with Gasteiger partial charge >= 0.3 is 12.1 Å². The molecule has 188 valence electrons. The van der Waals surface area contributed by atoms with Gasteiger partial charge in [0.15, 0.2) is 0 Å². The van der Waals surface area contributed by atoms with Crippen LogP contribution in [0.2, 0.25) is 0 Å². The third-order valence-electron chi connectivity index (χ3n) is 6.62. The van der Waals surface area contributed by atoms with Gasteiger partial charge < -0.3 is 29.9 Å². The van der Waals surface area contributed by atoms with Crippen LogP contribution in [0.25, 0.3) is 0 Å². The van der Waals surface area contributed by atoms with Crippen molar-refractivity contribution in [1.29, 1.82) is 0 Å². The average Bonchev–Trinajstić information content (AvgIpc) is 2.81. The topological polar surface area (TPSA) is 83.1 Å². The molecule has 0 spiro atoms. The molecule has 4 rings (SSSR count). The summed E-state index contributed by atoms with van der Waals surface area (Å²) >= 11 is 0. The minimum Gasteiger partial charge on any atom is -0.377 e. The van der Waals surface area contributed by atoms with E-state index in [1.54, 1.807) is 0 Å². The maximum atomic E-state index is 12.7. The van der Waals surface area contributed by atoms with Crippen molar-refractivity contribution in [2.24, 2.45) is 0 Å². The van der Waals surface area contributed by atoms with Gasteiger partial charge in [-0.1, -0.05) is 24.3 Å². The number of amides is 4. The Balaban J connectivity index is 1.31. The zero-order valence-electron chi connectivity index (χ0n) is 21.0. The van der Waals surface area contributed by atoms with Crippen LogP contribution in [0.15, 0.2) is 48.5 Å². The molecule has 4 atom stereocenters. The molecule has 0 aliphatic carbocycles.